The number of carbonyl (C=O) groups is 2. The Labute approximate surface area is 393 Å². The van der Waals surface area contributed by atoms with Crippen LogP contribution in [0.4, 0.5) is 0 Å². The number of esters is 2. The molecule has 0 aromatic heterocycles. The Morgan fingerprint density at radius 2 is 0.859 bits per heavy atom. The van der Waals surface area contributed by atoms with E-state index in [2.05, 4.69) is 74.6 Å². The fourth-order valence-electron chi connectivity index (χ4n) is 7.31. The van der Waals surface area contributed by atoms with Gasteiger partial charge in [-0.2, -0.15) is 0 Å². The topological polar surface area (TPSA) is 134 Å². The molecular formula is C54H98NO8P. The van der Waals surface area contributed by atoms with Gasteiger partial charge in [-0.15, -0.1) is 0 Å². The molecule has 10 heteroatoms. The third kappa shape index (κ3) is 49.2. The molecule has 9 nitrogen and oxygen atoms in total. The highest BCUT2D eigenvalue weighted by atomic mass is 31.2. The van der Waals surface area contributed by atoms with Crippen molar-refractivity contribution in [2.45, 2.75) is 245 Å². The van der Waals surface area contributed by atoms with Crippen LogP contribution in [0.1, 0.15) is 239 Å². The summed E-state index contributed by atoms with van der Waals surface area (Å²) in [6.07, 6.45) is 61.1. The highest BCUT2D eigenvalue weighted by molar-refractivity contribution is 7.47. The molecule has 0 radical (unpaired) electrons. The summed E-state index contributed by atoms with van der Waals surface area (Å²) < 4.78 is 32.9. The number of phosphoric ester groups is 1. The second-order valence-electron chi connectivity index (χ2n) is 17.4. The van der Waals surface area contributed by atoms with Crippen molar-refractivity contribution in [2.24, 2.45) is 5.73 Å². The summed E-state index contributed by atoms with van der Waals surface area (Å²) in [5.41, 5.74) is 5.37. The van der Waals surface area contributed by atoms with Crippen molar-refractivity contribution in [3.63, 3.8) is 0 Å². The average molecular weight is 920 g/mol. The minimum Gasteiger partial charge on any atom is -0.462 e. The fraction of sp³-hybridized carbons (Fsp3) is 0.778. The van der Waals surface area contributed by atoms with Gasteiger partial charge in [0.15, 0.2) is 6.10 Å². The quantitative estimate of drug-likeness (QED) is 0.0265. The van der Waals surface area contributed by atoms with Crippen molar-refractivity contribution in [1.29, 1.82) is 0 Å². The minimum absolute atomic E-state index is 0.0523. The molecule has 2 atom stereocenters. The van der Waals surface area contributed by atoms with E-state index in [-0.39, 0.29) is 38.6 Å². The molecule has 0 aliphatic heterocycles. The number of rotatable bonds is 49. The minimum atomic E-state index is -4.38. The van der Waals surface area contributed by atoms with Crippen LogP contribution < -0.4 is 5.73 Å². The monoisotopic (exact) mass is 920 g/mol. The van der Waals surface area contributed by atoms with E-state index < -0.39 is 26.5 Å². The summed E-state index contributed by atoms with van der Waals surface area (Å²) in [6, 6.07) is 0. The molecule has 0 rings (SSSR count). The molecule has 0 heterocycles. The molecule has 0 fully saturated rings. The number of unbranched alkanes of at least 4 members (excludes halogenated alkanes) is 26. The van der Waals surface area contributed by atoms with Crippen LogP contribution in [0.5, 0.6) is 0 Å². The lowest BCUT2D eigenvalue weighted by atomic mass is 10.0. The van der Waals surface area contributed by atoms with E-state index >= 15 is 0 Å². The first kappa shape index (κ1) is 61.7. The van der Waals surface area contributed by atoms with Gasteiger partial charge < -0.3 is 20.1 Å². The van der Waals surface area contributed by atoms with Gasteiger partial charge in [0.05, 0.1) is 13.2 Å². The highest BCUT2D eigenvalue weighted by Gasteiger charge is 2.26. The lowest BCUT2D eigenvalue weighted by Gasteiger charge is -2.19. The molecule has 2 unspecified atom stereocenters. The molecule has 0 bridgehead atoms. The van der Waals surface area contributed by atoms with E-state index in [4.69, 9.17) is 24.3 Å². The van der Waals surface area contributed by atoms with Gasteiger partial charge >= 0.3 is 19.8 Å². The smallest absolute Gasteiger partial charge is 0.462 e. The lowest BCUT2D eigenvalue weighted by molar-refractivity contribution is -0.161. The van der Waals surface area contributed by atoms with Crippen molar-refractivity contribution in [2.75, 3.05) is 26.4 Å². The molecule has 0 aromatic carbocycles. The van der Waals surface area contributed by atoms with E-state index in [0.29, 0.717) is 6.42 Å². The van der Waals surface area contributed by atoms with Gasteiger partial charge in [0.2, 0.25) is 0 Å². The van der Waals surface area contributed by atoms with E-state index in [1.807, 2.05) is 0 Å². The van der Waals surface area contributed by atoms with E-state index in [9.17, 15) is 19.0 Å². The molecule has 0 aliphatic rings. The second-order valence-corrected chi connectivity index (χ2v) is 18.8. The normalized spacial score (nSPS) is 13.6. The largest absolute Gasteiger partial charge is 0.472 e. The summed E-state index contributed by atoms with van der Waals surface area (Å²) in [5, 5.41) is 0. The van der Waals surface area contributed by atoms with Gasteiger partial charge in [0, 0.05) is 19.4 Å². The van der Waals surface area contributed by atoms with Gasteiger partial charge in [0.25, 0.3) is 0 Å². The first-order valence-electron chi connectivity index (χ1n) is 26.3. The molecule has 0 aromatic rings. The van der Waals surface area contributed by atoms with Crippen molar-refractivity contribution in [3.8, 4) is 0 Å². The van der Waals surface area contributed by atoms with E-state index in [1.165, 1.54) is 128 Å². The molecule has 0 spiro atoms. The zero-order valence-electron chi connectivity index (χ0n) is 41.3. The van der Waals surface area contributed by atoms with Crippen LogP contribution in [0, 0.1) is 0 Å². The predicted octanol–water partition coefficient (Wildman–Crippen LogP) is 16.0. The maximum atomic E-state index is 12.7. The number of allylic oxidation sites excluding steroid dienone is 10. The van der Waals surface area contributed by atoms with Crippen molar-refractivity contribution in [1.82, 2.24) is 0 Å². The van der Waals surface area contributed by atoms with Gasteiger partial charge in [0.1, 0.15) is 6.61 Å². The molecular weight excluding hydrogens is 822 g/mol. The summed E-state index contributed by atoms with van der Waals surface area (Å²) in [7, 11) is -4.38. The number of carbonyl (C=O) groups excluding carboxylic acids is 2. The van der Waals surface area contributed by atoms with E-state index in [0.717, 1.165) is 77.0 Å². The van der Waals surface area contributed by atoms with Gasteiger partial charge in [-0.25, -0.2) is 4.57 Å². The van der Waals surface area contributed by atoms with Crippen LogP contribution in [0.25, 0.3) is 0 Å². The summed E-state index contributed by atoms with van der Waals surface area (Å²) >= 11 is 0. The van der Waals surface area contributed by atoms with Crippen LogP contribution >= 0.6 is 7.82 Å². The van der Waals surface area contributed by atoms with Crippen LogP contribution in [0.3, 0.4) is 0 Å². The fourth-order valence-corrected chi connectivity index (χ4v) is 8.08. The molecule has 0 aliphatic carbocycles. The zero-order valence-corrected chi connectivity index (χ0v) is 42.2. The first-order chi connectivity index (χ1) is 31.3. The molecule has 0 amide bonds. The molecule has 0 saturated heterocycles. The Kier molecular flexibility index (Phi) is 48.3. The Morgan fingerprint density at radius 1 is 0.484 bits per heavy atom. The average Bonchev–Trinajstić information content (AvgIpc) is 3.28. The number of hydrogen-bond acceptors (Lipinski definition) is 8. The Hall–Kier alpha value is -2.29. The Balaban J connectivity index is 4.01. The van der Waals surface area contributed by atoms with Crippen molar-refractivity contribution >= 4 is 19.8 Å². The van der Waals surface area contributed by atoms with E-state index in [1.54, 1.807) is 0 Å². The number of nitrogens with two attached hydrogens (primary N) is 1. The van der Waals surface area contributed by atoms with Crippen molar-refractivity contribution in [3.05, 3.63) is 60.8 Å². The second kappa shape index (κ2) is 50.1. The molecule has 0 saturated carbocycles. The lowest BCUT2D eigenvalue weighted by Crippen LogP contribution is -2.29. The zero-order chi connectivity index (χ0) is 46.7. The maximum Gasteiger partial charge on any atom is 0.472 e. The number of ether oxygens (including phenoxy) is 2. The maximum absolute atomic E-state index is 12.7. The summed E-state index contributed by atoms with van der Waals surface area (Å²) in [5.74, 6) is -0.824. The third-order valence-corrected chi connectivity index (χ3v) is 12.2. The van der Waals surface area contributed by atoms with Crippen LogP contribution in [0.15, 0.2) is 60.8 Å². The number of phosphoric acid groups is 1. The summed E-state index contributed by atoms with van der Waals surface area (Å²) in [6.45, 7) is 3.65. The molecule has 64 heavy (non-hydrogen) atoms. The first-order valence-corrected chi connectivity index (χ1v) is 27.8. The van der Waals surface area contributed by atoms with Crippen molar-refractivity contribution < 1.29 is 37.6 Å². The standard InChI is InChI=1S/C54H98NO8P/c1-3-5-7-9-11-13-15-17-19-21-22-23-24-25-26-27-28-29-30-31-33-35-37-39-41-43-45-47-54(57)63-52(51-62-64(58,59)61-49-48-55)50-60-53(56)46-44-42-40-38-36-34-32-20-18-16-14-12-10-8-6-4-2/h5,7,11,13,17,19,22-23,25-26,52H,3-4,6,8-10,12,14-16,18,20-21,24,27-51,55H2,1-2H3,(H,58,59)/b7-5-,13-11-,19-17-,23-22-,26-25-. The van der Waals surface area contributed by atoms with Gasteiger partial charge in [-0.05, 0) is 57.8 Å². The Morgan fingerprint density at radius 3 is 1.28 bits per heavy atom. The van der Waals surface area contributed by atoms with Crippen LogP contribution in [-0.2, 0) is 32.7 Å². The SMILES string of the molecule is CC/C=C\C/C=C\C/C=C\C/C=C\C/C=C\CCCCCCCCCCCCCC(=O)OC(COC(=O)CCCCCCCCCCCCCCCCCC)COP(=O)(O)OCCN. The van der Waals surface area contributed by atoms with Crippen LogP contribution in [-0.4, -0.2) is 49.3 Å². The van der Waals surface area contributed by atoms with Crippen LogP contribution in [0.2, 0.25) is 0 Å². The van der Waals surface area contributed by atoms with Gasteiger partial charge in [-0.1, -0.05) is 229 Å². The molecule has 3 N–H and O–H groups in total. The predicted molar refractivity (Wildman–Crippen MR) is 270 cm³/mol. The highest BCUT2D eigenvalue weighted by Crippen LogP contribution is 2.43. The third-order valence-electron chi connectivity index (χ3n) is 11.2. The molecule has 372 valence electrons. The number of hydrogen-bond donors (Lipinski definition) is 2. The Bertz CT molecular complexity index is 1230. The summed E-state index contributed by atoms with van der Waals surface area (Å²) in [4.78, 5) is 35.1. The van der Waals surface area contributed by atoms with Gasteiger partial charge in [-0.3, -0.25) is 18.6 Å².